The number of aliphatic hydroxyl groups is 1. The van der Waals surface area contributed by atoms with Crippen LogP contribution in [0.5, 0.6) is 11.5 Å². The largest absolute Gasteiger partial charge is 0.486 e. The van der Waals surface area contributed by atoms with E-state index in [9.17, 15) is 4.79 Å². The molecule has 2 N–H and O–H groups in total. The molecule has 29 heavy (non-hydrogen) atoms. The first-order valence-corrected chi connectivity index (χ1v) is 10.1. The molecule has 0 spiro atoms. The number of ether oxygens (including phenoxy) is 2. The van der Waals surface area contributed by atoms with E-state index in [0.717, 1.165) is 15.9 Å². The molecule has 0 bridgehead atoms. The molecule has 0 atom stereocenters. The van der Waals surface area contributed by atoms with Crippen LogP contribution in [0.2, 0.25) is 0 Å². The smallest absolute Gasteiger partial charge is 0.275 e. The Labute approximate surface area is 169 Å². The summed E-state index contributed by atoms with van der Waals surface area (Å²) in [6, 6.07) is 7.27. The quantitative estimate of drug-likeness (QED) is 0.488. The van der Waals surface area contributed by atoms with Crippen molar-refractivity contribution in [3.05, 3.63) is 47.1 Å². The highest BCUT2D eigenvalue weighted by molar-refractivity contribution is 7.25. The van der Waals surface area contributed by atoms with Crippen molar-refractivity contribution in [2.24, 2.45) is 0 Å². The van der Waals surface area contributed by atoms with Crippen LogP contribution in [-0.2, 0) is 0 Å². The number of hydrogen-bond acceptors (Lipinski definition) is 8. The molecule has 0 fully saturated rings. The van der Waals surface area contributed by atoms with Gasteiger partial charge in [-0.3, -0.25) is 9.36 Å². The molecule has 1 aromatic carbocycles. The molecule has 0 unspecified atom stereocenters. The average Bonchev–Trinajstić information content (AvgIpc) is 3.14. The maximum atomic E-state index is 13.2. The number of aliphatic hydroxyl groups excluding tert-OH is 1. The molecule has 4 aromatic rings. The molecule has 3 aromatic heterocycles. The highest BCUT2D eigenvalue weighted by Gasteiger charge is 2.18. The summed E-state index contributed by atoms with van der Waals surface area (Å²) >= 11 is 1.33. The van der Waals surface area contributed by atoms with Crippen molar-refractivity contribution in [2.45, 2.75) is 6.42 Å². The lowest BCUT2D eigenvalue weighted by Gasteiger charge is -2.19. The molecule has 5 rings (SSSR count). The Balaban J connectivity index is 1.63. The lowest BCUT2D eigenvalue weighted by atomic mass is 10.2. The fourth-order valence-electron chi connectivity index (χ4n) is 3.37. The number of thiophene rings is 1. The van der Waals surface area contributed by atoms with Crippen LogP contribution in [0.15, 0.2) is 41.6 Å². The van der Waals surface area contributed by atoms with E-state index in [1.54, 1.807) is 18.3 Å². The van der Waals surface area contributed by atoms with Crippen molar-refractivity contribution in [1.29, 1.82) is 0 Å². The van der Waals surface area contributed by atoms with Crippen molar-refractivity contribution in [2.75, 3.05) is 31.7 Å². The van der Waals surface area contributed by atoms with Gasteiger partial charge < -0.3 is 19.9 Å². The van der Waals surface area contributed by atoms with Gasteiger partial charge in [-0.15, -0.1) is 11.3 Å². The zero-order valence-corrected chi connectivity index (χ0v) is 16.2. The van der Waals surface area contributed by atoms with E-state index in [4.69, 9.17) is 14.6 Å². The topological polar surface area (TPSA) is 98.5 Å². The number of aromatic nitrogens is 3. The highest BCUT2D eigenvalue weighted by Crippen LogP contribution is 2.35. The van der Waals surface area contributed by atoms with Crippen LogP contribution in [0.25, 0.3) is 26.1 Å². The Bertz CT molecular complexity index is 1270. The third-order valence-corrected chi connectivity index (χ3v) is 5.81. The third kappa shape index (κ3) is 3.08. The standard InChI is InChI=1S/C20H18N4O4S/c25-7-1-5-21-13-4-6-22-19-16(13)17-18(29-19)20(26)24(11-23-17)12-2-3-14-15(10-12)28-9-8-27-14/h2-4,6,10-11,25H,1,5,7-9H2,(H,21,22). The molecule has 0 amide bonds. The molecule has 9 heteroatoms. The number of pyridine rings is 1. The Hall–Kier alpha value is -3.17. The van der Waals surface area contributed by atoms with Gasteiger partial charge in [-0.2, -0.15) is 0 Å². The Kier molecular flexibility index (Phi) is 4.53. The Morgan fingerprint density at radius 1 is 1.17 bits per heavy atom. The van der Waals surface area contributed by atoms with E-state index >= 15 is 0 Å². The fourth-order valence-corrected chi connectivity index (χ4v) is 4.42. The summed E-state index contributed by atoms with van der Waals surface area (Å²) < 4.78 is 13.2. The van der Waals surface area contributed by atoms with Crippen LogP contribution in [0, 0.1) is 0 Å². The van der Waals surface area contributed by atoms with Gasteiger partial charge in [0.25, 0.3) is 5.56 Å². The van der Waals surface area contributed by atoms with Crippen LogP contribution in [-0.4, -0.2) is 46.0 Å². The summed E-state index contributed by atoms with van der Waals surface area (Å²) in [7, 11) is 0. The van der Waals surface area contributed by atoms with E-state index in [2.05, 4.69) is 15.3 Å². The molecule has 148 valence electrons. The number of benzene rings is 1. The van der Waals surface area contributed by atoms with Gasteiger partial charge in [0.05, 0.1) is 16.6 Å². The van der Waals surface area contributed by atoms with Gasteiger partial charge in [0.2, 0.25) is 0 Å². The Morgan fingerprint density at radius 3 is 2.90 bits per heavy atom. The fraction of sp³-hybridized carbons (Fsp3) is 0.250. The minimum Gasteiger partial charge on any atom is -0.486 e. The van der Waals surface area contributed by atoms with E-state index in [-0.39, 0.29) is 12.2 Å². The van der Waals surface area contributed by atoms with Crippen molar-refractivity contribution >= 4 is 37.5 Å². The predicted molar refractivity (Wildman–Crippen MR) is 112 cm³/mol. The summed E-state index contributed by atoms with van der Waals surface area (Å²) in [5.41, 5.74) is 2.00. The van der Waals surface area contributed by atoms with E-state index in [0.29, 0.717) is 53.6 Å². The molecule has 1 aliphatic heterocycles. The molecule has 0 saturated heterocycles. The van der Waals surface area contributed by atoms with Crippen molar-refractivity contribution < 1.29 is 14.6 Å². The van der Waals surface area contributed by atoms with Gasteiger partial charge in [-0.05, 0) is 24.6 Å². The first kappa shape index (κ1) is 17.9. The molecule has 4 heterocycles. The molecular weight excluding hydrogens is 392 g/mol. The number of nitrogens with one attached hydrogen (secondary N) is 1. The molecule has 0 saturated carbocycles. The summed E-state index contributed by atoms with van der Waals surface area (Å²) in [5.74, 6) is 1.29. The van der Waals surface area contributed by atoms with Crippen molar-refractivity contribution in [3.8, 4) is 17.2 Å². The Morgan fingerprint density at radius 2 is 2.03 bits per heavy atom. The molecule has 0 aliphatic carbocycles. The maximum Gasteiger partial charge on any atom is 0.275 e. The lowest BCUT2D eigenvalue weighted by Crippen LogP contribution is -2.19. The SMILES string of the molecule is O=c1c2sc3nccc(NCCCO)c3c2ncn1-c1ccc2c(c1)OCCO2. The van der Waals surface area contributed by atoms with Crippen LogP contribution < -0.4 is 20.3 Å². The normalized spacial score (nSPS) is 13.1. The zero-order valence-electron chi connectivity index (χ0n) is 15.4. The highest BCUT2D eigenvalue weighted by atomic mass is 32.1. The minimum atomic E-state index is -0.156. The summed E-state index contributed by atoms with van der Waals surface area (Å²) in [6.07, 6.45) is 3.88. The van der Waals surface area contributed by atoms with Crippen LogP contribution >= 0.6 is 11.3 Å². The second-order valence-corrected chi connectivity index (χ2v) is 7.57. The van der Waals surface area contributed by atoms with Crippen LogP contribution in [0.3, 0.4) is 0 Å². The summed E-state index contributed by atoms with van der Waals surface area (Å²) in [4.78, 5) is 23.0. The van der Waals surface area contributed by atoms with Gasteiger partial charge in [0.15, 0.2) is 11.5 Å². The maximum absolute atomic E-state index is 13.2. The monoisotopic (exact) mass is 410 g/mol. The van der Waals surface area contributed by atoms with Gasteiger partial charge >= 0.3 is 0 Å². The van der Waals surface area contributed by atoms with Crippen molar-refractivity contribution in [1.82, 2.24) is 14.5 Å². The van der Waals surface area contributed by atoms with E-state index in [1.165, 1.54) is 22.2 Å². The second kappa shape index (κ2) is 7.34. The van der Waals surface area contributed by atoms with E-state index < -0.39 is 0 Å². The summed E-state index contributed by atoms with van der Waals surface area (Å²) in [6.45, 7) is 1.74. The molecule has 8 nitrogen and oxygen atoms in total. The van der Waals surface area contributed by atoms with Gasteiger partial charge in [-0.25, -0.2) is 9.97 Å². The van der Waals surface area contributed by atoms with Crippen LogP contribution in [0.1, 0.15) is 6.42 Å². The van der Waals surface area contributed by atoms with Gasteiger partial charge in [-0.1, -0.05) is 0 Å². The molecular formula is C20H18N4O4S. The molecule has 1 aliphatic rings. The van der Waals surface area contributed by atoms with E-state index in [1.807, 2.05) is 12.1 Å². The zero-order chi connectivity index (χ0) is 19.8. The number of rotatable bonds is 5. The number of anilines is 1. The van der Waals surface area contributed by atoms with Crippen molar-refractivity contribution in [3.63, 3.8) is 0 Å². The molecule has 0 radical (unpaired) electrons. The first-order valence-electron chi connectivity index (χ1n) is 9.30. The second-order valence-electron chi connectivity index (χ2n) is 6.57. The number of hydrogen-bond donors (Lipinski definition) is 2. The predicted octanol–water partition coefficient (Wildman–Crippen LogP) is 2.56. The third-order valence-electron chi connectivity index (χ3n) is 4.74. The van der Waals surface area contributed by atoms with Gasteiger partial charge in [0.1, 0.15) is 29.1 Å². The lowest BCUT2D eigenvalue weighted by molar-refractivity contribution is 0.171. The average molecular weight is 410 g/mol. The minimum absolute atomic E-state index is 0.115. The number of nitrogens with zero attached hydrogens (tertiary/aromatic N) is 3. The summed E-state index contributed by atoms with van der Waals surface area (Å²) in [5, 5.41) is 13.1. The first-order chi connectivity index (χ1) is 14.3. The van der Waals surface area contributed by atoms with Crippen LogP contribution in [0.4, 0.5) is 5.69 Å². The van der Waals surface area contributed by atoms with Gasteiger partial charge in [0, 0.05) is 31.1 Å². The number of fused-ring (bicyclic) bond motifs is 4.